The normalized spacial score (nSPS) is 26.7. The molecule has 0 bridgehead atoms. The summed E-state index contributed by atoms with van der Waals surface area (Å²) in [7, 11) is 0. The van der Waals surface area contributed by atoms with Gasteiger partial charge in [0.1, 0.15) is 0 Å². The molecule has 2 aliphatic rings. The third-order valence-electron chi connectivity index (χ3n) is 3.74. The van der Waals surface area contributed by atoms with Gasteiger partial charge in [-0.3, -0.25) is 4.90 Å². The number of hydrogen-bond donors (Lipinski definition) is 0. The molecule has 0 amide bonds. The molecule has 0 unspecified atom stereocenters. The molecule has 0 aromatic heterocycles. The minimum Gasteiger partial charge on any atom is -0.300 e. The Morgan fingerprint density at radius 2 is 1.93 bits per heavy atom. The van der Waals surface area contributed by atoms with Gasteiger partial charge in [0, 0.05) is 12.6 Å². The zero-order valence-corrected chi connectivity index (χ0v) is 8.58. The van der Waals surface area contributed by atoms with Crippen molar-refractivity contribution in [1.82, 2.24) is 4.90 Å². The number of hydrogen-bond acceptors (Lipinski definition) is 1. The van der Waals surface area contributed by atoms with E-state index in [9.17, 15) is 0 Å². The highest BCUT2D eigenvalue weighted by atomic mass is 15.2. The molecule has 3 rings (SSSR count). The van der Waals surface area contributed by atoms with Crippen molar-refractivity contribution in [3.8, 4) is 0 Å². The molecule has 1 aromatic rings. The van der Waals surface area contributed by atoms with Crippen LogP contribution in [-0.4, -0.2) is 24.0 Å². The summed E-state index contributed by atoms with van der Waals surface area (Å²) < 4.78 is 0. The van der Waals surface area contributed by atoms with Crippen LogP contribution in [0.2, 0.25) is 0 Å². The summed E-state index contributed by atoms with van der Waals surface area (Å²) >= 11 is 0. The van der Waals surface area contributed by atoms with Gasteiger partial charge in [-0.05, 0) is 43.4 Å². The van der Waals surface area contributed by atoms with Gasteiger partial charge in [0.2, 0.25) is 0 Å². The maximum Gasteiger partial charge on any atom is 0.0136 e. The van der Waals surface area contributed by atoms with E-state index >= 15 is 0 Å². The van der Waals surface area contributed by atoms with Crippen LogP contribution < -0.4 is 0 Å². The zero-order chi connectivity index (χ0) is 9.38. The van der Waals surface area contributed by atoms with Crippen molar-refractivity contribution >= 4 is 0 Å². The monoisotopic (exact) mass is 187 g/mol. The highest BCUT2D eigenvalue weighted by molar-refractivity contribution is 5.29. The SMILES string of the molecule is c1ccc2c(c1)CCN1CCC[C@H]1C2. The number of rotatable bonds is 0. The van der Waals surface area contributed by atoms with E-state index in [0.29, 0.717) is 0 Å². The Morgan fingerprint density at radius 3 is 2.86 bits per heavy atom. The second-order valence-electron chi connectivity index (χ2n) is 4.55. The number of fused-ring (bicyclic) bond motifs is 2. The van der Waals surface area contributed by atoms with Crippen LogP contribution in [0.1, 0.15) is 24.0 Å². The summed E-state index contributed by atoms with van der Waals surface area (Å²) in [5.74, 6) is 0. The summed E-state index contributed by atoms with van der Waals surface area (Å²) in [6.45, 7) is 2.61. The zero-order valence-electron chi connectivity index (χ0n) is 8.58. The summed E-state index contributed by atoms with van der Waals surface area (Å²) in [6, 6.07) is 9.83. The Hall–Kier alpha value is -0.820. The third kappa shape index (κ3) is 1.36. The van der Waals surface area contributed by atoms with Crippen molar-refractivity contribution in [2.45, 2.75) is 31.7 Å². The lowest BCUT2D eigenvalue weighted by Gasteiger charge is -2.20. The summed E-state index contributed by atoms with van der Waals surface area (Å²) in [4.78, 5) is 2.68. The molecule has 1 saturated heterocycles. The van der Waals surface area contributed by atoms with E-state index in [1.807, 2.05) is 0 Å². The van der Waals surface area contributed by atoms with E-state index in [1.165, 1.54) is 38.8 Å². The highest BCUT2D eigenvalue weighted by Gasteiger charge is 2.27. The molecule has 0 saturated carbocycles. The topological polar surface area (TPSA) is 3.24 Å². The first-order valence-corrected chi connectivity index (χ1v) is 5.74. The minimum absolute atomic E-state index is 0.846. The standard InChI is InChI=1S/C13H17N/c1-2-5-12-10-13-6-3-8-14(13)9-7-11(12)4-1/h1-2,4-5,13H,3,6-10H2/t13-/m0/s1. The molecule has 0 N–H and O–H groups in total. The van der Waals surface area contributed by atoms with Crippen molar-refractivity contribution in [3.05, 3.63) is 35.4 Å². The van der Waals surface area contributed by atoms with Gasteiger partial charge in [0.25, 0.3) is 0 Å². The average Bonchev–Trinajstić information content (AvgIpc) is 2.58. The van der Waals surface area contributed by atoms with Gasteiger partial charge in [-0.2, -0.15) is 0 Å². The fraction of sp³-hybridized carbons (Fsp3) is 0.538. The Bertz CT molecular complexity index is 332. The predicted molar refractivity (Wildman–Crippen MR) is 58.4 cm³/mol. The van der Waals surface area contributed by atoms with Gasteiger partial charge in [0.15, 0.2) is 0 Å². The van der Waals surface area contributed by atoms with Gasteiger partial charge in [-0.25, -0.2) is 0 Å². The molecule has 2 aliphatic heterocycles. The molecule has 1 heteroatoms. The van der Waals surface area contributed by atoms with Gasteiger partial charge < -0.3 is 0 Å². The minimum atomic E-state index is 0.846. The second-order valence-corrected chi connectivity index (χ2v) is 4.55. The Morgan fingerprint density at radius 1 is 1.07 bits per heavy atom. The third-order valence-corrected chi connectivity index (χ3v) is 3.74. The van der Waals surface area contributed by atoms with Crippen molar-refractivity contribution in [3.63, 3.8) is 0 Å². The van der Waals surface area contributed by atoms with Crippen LogP contribution in [0.5, 0.6) is 0 Å². The van der Waals surface area contributed by atoms with Gasteiger partial charge in [0.05, 0.1) is 0 Å². The molecule has 74 valence electrons. The highest BCUT2D eigenvalue weighted by Crippen LogP contribution is 2.26. The van der Waals surface area contributed by atoms with Gasteiger partial charge >= 0.3 is 0 Å². The second kappa shape index (κ2) is 3.39. The summed E-state index contributed by atoms with van der Waals surface area (Å²) in [5.41, 5.74) is 3.18. The first kappa shape index (κ1) is 8.49. The lowest BCUT2D eigenvalue weighted by Crippen LogP contribution is -2.30. The van der Waals surface area contributed by atoms with Crippen molar-refractivity contribution < 1.29 is 0 Å². The molecule has 0 aliphatic carbocycles. The van der Waals surface area contributed by atoms with Crippen molar-refractivity contribution in [1.29, 1.82) is 0 Å². The van der Waals surface area contributed by atoms with Crippen LogP contribution in [0.25, 0.3) is 0 Å². The van der Waals surface area contributed by atoms with E-state index in [-0.39, 0.29) is 0 Å². The molecule has 0 radical (unpaired) electrons. The van der Waals surface area contributed by atoms with Crippen LogP contribution in [0.3, 0.4) is 0 Å². The van der Waals surface area contributed by atoms with Crippen LogP contribution in [-0.2, 0) is 12.8 Å². The van der Waals surface area contributed by atoms with E-state index < -0.39 is 0 Å². The largest absolute Gasteiger partial charge is 0.300 e. The van der Waals surface area contributed by atoms with E-state index in [4.69, 9.17) is 0 Å². The molecule has 14 heavy (non-hydrogen) atoms. The molecule has 1 fully saturated rings. The molecular weight excluding hydrogens is 170 g/mol. The van der Waals surface area contributed by atoms with Crippen LogP contribution in [0, 0.1) is 0 Å². The maximum absolute atomic E-state index is 2.68. The smallest absolute Gasteiger partial charge is 0.0136 e. The van der Waals surface area contributed by atoms with E-state index in [0.717, 1.165) is 6.04 Å². The Kier molecular flexibility index (Phi) is 2.06. The predicted octanol–water partition coefficient (Wildman–Crippen LogP) is 2.25. The summed E-state index contributed by atoms with van der Waals surface area (Å²) in [5, 5.41) is 0. The van der Waals surface area contributed by atoms with Crippen LogP contribution in [0.15, 0.2) is 24.3 Å². The molecule has 2 heterocycles. The fourth-order valence-corrected chi connectivity index (χ4v) is 2.94. The van der Waals surface area contributed by atoms with Gasteiger partial charge in [-0.15, -0.1) is 0 Å². The van der Waals surface area contributed by atoms with Gasteiger partial charge in [-0.1, -0.05) is 24.3 Å². The molecule has 1 aromatic carbocycles. The Balaban J connectivity index is 1.93. The van der Waals surface area contributed by atoms with Crippen LogP contribution >= 0.6 is 0 Å². The van der Waals surface area contributed by atoms with E-state index in [2.05, 4.69) is 29.2 Å². The Labute approximate surface area is 85.7 Å². The van der Waals surface area contributed by atoms with Crippen LogP contribution in [0.4, 0.5) is 0 Å². The lowest BCUT2D eigenvalue weighted by molar-refractivity contribution is 0.264. The number of benzene rings is 1. The van der Waals surface area contributed by atoms with Crippen molar-refractivity contribution in [2.24, 2.45) is 0 Å². The molecule has 1 atom stereocenters. The molecule has 1 nitrogen and oxygen atoms in total. The molecule has 0 spiro atoms. The first-order valence-electron chi connectivity index (χ1n) is 5.74. The molecular formula is C13H17N. The maximum atomic E-state index is 2.68. The quantitative estimate of drug-likeness (QED) is 0.602. The van der Waals surface area contributed by atoms with Crippen molar-refractivity contribution in [2.75, 3.05) is 13.1 Å². The summed E-state index contributed by atoms with van der Waals surface area (Å²) in [6.07, 6.45) is 5.37. The fourth-order valence-electron chi connectivity index (χ4n) is 2.94. The lowest BCUT2D eigenvalue weighted by atomic mass is 9.99. The number of nitrogens with zero attached hydrogens (tertiary/aromatic N) is 1. The average molecular weight is 187 g/mol. The van der Waals surface area contributed by atoms with E-state index in [1.54, 1.807) is 11.1 Å². The first-order chi connectivity index (χ1) is 6.93.